The number of nitrogens with zero attached hydrogens (tertiary/aromatic N) is 2. The minimum atomic E-state index is -3.89. The van der Waals surface area contributed by atoms with Crippen LogP contribution in [0.5, 0.6) is 0 Å². The molecule has 1 unspecified atom stereocenters. The second-order valence-electron chi connectivity index (χ2n) is 6.51. The predicted molar refractivity (Wildman–Crippen MR) is 120 cm³/mol. The zero-order valence-corrected chi connectivity index (χ0v) is 17.8. The molecular weight excluding hydrogens is 451 g/mol. The molecule has 1 heterocycles. The summed E-state index contributed by atoms with van der Waals surface area (Å²) >= 11 is 0. The third-order valence-corrected chi connectivity index (χ3v) is 5.10. The number of ether oxygens (including phenoxy) is 1. The molecule has 1 atom stereocenters. The molecule has 10 nitrogen and oxygen atoms in total. The van der Waals surface area contributed by atoms with Gasteiger partial charge in [-0.25, -0.2) is 22.9 Å². The molecule has 1 aromatic heterocycles. The van der Waals surface area contributed by atoms with E-state index in [0.29, 0.717) is 23.3 Å². The highest BCUT2D eigenvalue weighted by Gasteiger charge is 2.13. The highest BCUT2D eigenvalue weighted by atomic mass is 32.2. The zero-order valence-electron chi connectivity index (χ0n) is 17.0. The van der Waals surface area contributed by atoms with E-state index in [1.165, 1.54) is 18.2 Å². The van der Waals surface area contributed by atoms with Crippen LogP contribution in [0, 0.1) is 18.2 Å². The Kier molecular flexibility index (Phi) is 7.52. The van der Waals surface area contributed by atoms with Crippen LogP contribution in [0.15, 0.2) is 59.6 Å². The molecule has 1 amide bonds. The van der Waals surface area contributed by atoms with Gasteiger partial charge in [-0.3, -0.25) is 4.79 Å². The summed E-state index contributed by atoms with van der Waals surface area (Å²) in [5, 5.41) is 13.3. The Morgan fingerprint density at radius 3 is 2.61 bits per heavy atom. The number of nitrogens with two attached hydrogens (primary N) is 1. The number of hydrogen-bond donors (Lipinski definition) is 4. The van der Waals surface area contributed by atoms with E-state index in [1.807, 2.05) is 0 Å². The van der Waals surface area contributed by atoms with Crippen LogP contribution in [-0.4, -0.2) is 31.4 Å². The van der Waals surface area contributed by atoms with Crippen molar-refractivity contribution in [2.24, 2.45) is 5.14 Å². The number of amides is 1. The Balaban J connectivity index is 1.76. The lowest BCUT2D eigenvalue weighted by atomic mass is 10.2. The van der Waals surface area contributed by atoms with E-state index >= 15 is 0 Å². The number of carbonyl (C=O) groups is 1. The standard InChI is InChI=1S/C21H19FN6O4S/c1-2-10-32-20(25-13-29)14-6-8-15(9-7-14)26-19-18(22)12-24-21(28-19)27-16-4-3-5-17(11-16)33(23,30)31/h1,3-9,11-13,20H,10H2,(H,25,29)(H2,23,30,31)(H2,24,26,27,28). The second-order valence-corrected chi connectivity index (χ2v) is 8.08. The van der Waals surface area contributed by atoms with Crippen LogP contribution >= 0.6 is 0 Å². The van der Waals surface area contributed by atoms with Crippen LogP contribution < -0.4 is 21.1 Å². The van der Waals surface area contributed by atoms with Gasteiger partial charge in [-0.15, -0.1) is 6.42 Å². The first kappa shape index (κ1) is 23.6. The van der Waals surface area contributed by atoms with Crippen LogP contribution in [0.3, 0.4) is 0 Å². The summed E-state index contributed by atoms with van der Waals surface area (Å²) in [4.78, 5) is 18.6. The van der Waals surface area contributed by atoms with Crippen LogP contribution in [0.4, 0.5) is 27.5 Å². The van der Waals surface area contributed by atoms with Crippen molar-refractivity contribution >= 4 is 39.6 Å². The van der Waals surface area contributed by atoms with Crippen molar-refractivity contribution in [3.8, 4) is 12.3 Å². The highest BCUT2D eigenvalue weighted by Crippen LogP contribution is 2.23. The fraction of sp³-hybridized carbons (Fsp3) is 0.0952. The molecule has 12 heteroatoms. The number of nitrogens with one attached hydrogen (secondary N) is 3. The quantitative estimate of drug-likeness (QED) is 0.200. The number of carbonyl (C=O) groups excluding carboxylic acids is 1. The van der Waals surface area contributed by atoms with E-state index in [-0.39, 0.29) is 23.3 Å². The molecule has 2 aromatic carbocycles. The summed E-state index contributed by atoms with van der Waals surface area (Å²) < 4.78 is 42.7. The molecule has 0 aliphatic rings. The lowest BCUT2D eigenvalue weighted by Gasteiger charge is -2.16. The molecule has 0 fully saturated rings. The van der Waals surface area contributed by atoms with Crippen LogP contribution in [0.2, 0.25) is 0 Å². The lowest BCUT2D eigenvalue weighted by molar-refractivity contribution is -0.113. The molecular formula is C21H19FN6O4S. The van der Waals surface area contributed by atoms with E-state index in [9.17, 15) is 17.6 Å². The van der Waals surface area contributed by atoms with Crippen LogP contribution in [-0.2, 0) is 19.6 Å². The topological polar surface area (TPSA) is 148 Å². The van der Waals surface area contributed by atoms with Crippen molar-refractivity contribution in [3.63, 3.8) is 0 Å². The smallest absolute Gasteiger partial charge is 0.238 e. The minimum Gasteiger partial charge on any atom is -0.342 e. The number of aromatic nitrogens is 2. The predicted octanol–water partition coefficient (Wildman–Crippen LogP) is 2.14. The van der Waals surface area contributed by atoms with Gasteiger partial charge in [0.1, 0.15) is 6.61 Å². The monoisotopic (exact) mass is 470 g/mol. The second kappa shape index (κ2) is 10.5. The van der Waals surface area contributed by atoms with E-state index in [1.54, 1.807) is 30.3 Å². The Labute approximate surface area is 189 Å². The Bertz CT molecular complexity index is 1280. The Morgan fingerprint density at radius 1 is 1.18 bits per heavy atom. The summed E-state index contributed by atoms with van der Waals surface area (Å²) in [6, 6.07) is 12.3. The SMILES string of the molecule is C#CCOC(NC=O)c1ccc(Nc2nc(Nc3cccc(S(N)(=O)=O)c3)ncc2F)cc1. The van der Waals surface area contributed by atoms with E-state index in [0.717, 1.165) is 6.20 Å². The number of sulfonamides is 1. The lowest BCUT2D eigenvalue weighted by Crippen LogP contribution is -2.22. The van der Waals surface area contributed by atoms with Gasteiger partial charge in [0.05, 0.1) is 11.1 Å². The molecule has 33 heavy (non-hydrogen) atoms. The molecule has 0 saturated heterocycles. The highest BCUT2D eigenvalue weighted by molar-refractivity contribution is 7.89. The molecule has 0 spiro atoms. The number of benzene rings is 2. The zero-order chi connectivity index (χ0) is 23.8. The van der Waals surface area contributed by atoms with E-state index in [4.69, 9.17) is 16.3 Å². The molecule has 0 radical (unpaired) electrons. The fourth-order valence-corrected chi connectivity index (χ4v) is 3.27. The number of primary sulfonamides is 1. The fourth-order valence-electron chi connectivity index (χ4n) is 2.71. The summed E-state index contributed by atoms with van der Waals surface area (Å²) in [6.07, 6.45) is 5.91. The van der Waals surface area contributed by atoms with Gasteiger partial charge >= 0.3 is 0 Å². The average Bonchev–Trinajstić information content (AvgIpc) is 2.79. The molecule has 0 saturated carbocycles. The molecule has 0 bridgehead atoms. The number of terminal acetylenes is 1. The molecule has 0 aliphatic heterocycles. The van der Waals surface area contributed by atoms with Crippen LogP contribution in [0.25, 0.3) is 0 Å². The summed E-state index contributed by atoms with van der Waals surface area (Å²) in [6.45, 7) is 0.00749. The van der Waals surface area contributed by atoms with Gasteiger partial charge in [-0.05, 0) is 30.3 Å². The summed E-state index contributed by atoms with van der Waals surface area (Å²) in [5.74, 6) is 1.52. The van der Waals surface area contributed by atoms with Crippen molar-refractivity contribution in [3.05, 3.63) is 66.1 Å². The molecule has 3 rings (SSSR count). The van der Waals surface area contributed by atoms with Crippen molar-refractivity contribution in [1.82, 2.24) is 15.3 Å². The first-order chi connectivity index (χ1) is 15.8. The molecule has 0 aliphatic carbocycles. The first-order valence-electron chi connectivity index (χ1n) is 9.34. The van der Waals surface area contributed by atoms with Crippen LogP contribution in [0.1, 0.15) is 11.8 Å². The maximum atomic E-state index is 14.3. The van der Waals surface area contributed by atoms with E-state index in [2.05, 4.69) is 31.8 Å². The van der Waals surface area contributed by atoms with Gasteiger partial charge in [-0.1, -0.05) is 24.1 Å². The first-order valence-corrected chi connectivity index (χ1v) is 10.9. The van der Waals surface area contributed by atoms with Crippen molar-refractivity contribution in [2.45, 2.75) is 11.1 Å². The van der Waals surface area contributed by atoms with Crippen molar-refractivity contribution in [1.29, 1.82) is 0 Å². The van der Waals surface area contributed by atoms with Gasteiger partial charge < -0.3 is 20.7 Å². The largest absolute Gasteiger partial charge is 0.342 e. The van der Waals surface area contributed by atoms with Crippen molar-refractivity contribution in [2.75, 3.05) is 17.2 Å². The third-order valence-electron chi connectivity index (χ3n) is 4.19. The maximum absolute atomic E-state index is 14.3. The maximum Gasteiger partial charge on any atom is 0.238 e. The third kappa shape index (κ3) is 6.47. The van der Waals surface area contributed by atoms with E-state index < -0.39 is 22.1 Å². The summed E-state index contributed by atoms with van der Waals surface area (Å²) in [7, 11) is -3.89. The Hall–Kier alpha value is -4.05. The van der Waals surface area contributed by atoms with Gasteiger partial charge in [0.25, 0.3) is 0 Å². The average molecular weight is 470 g/mol. The van der Waals surface area contributed by atoms with Gasteiger partial charge in [-0.2, -0.15) is 4.98 Å². The van der Waals surface area contributed by atoms with Gasteiger partial charge in [0.2, 0.25) is 22.4 Å². The van der Waals surface area contributed by atoms with Gasteiger partial charge in [0, 0.05) is 16.9 Å². The normalized spacial score (nSPS) is 11.8. The molecule has 3 aromatic rings. The molecule has 170 valence electrons. The number of halogens is 1. The van der Waals surface area contributed by atoms with Gasteiger partial charge in [0.15, 0.2) is 17.9 Å². The molecule has 5 N–H and O–H groups in total. The Morgan fingerprint density at radius 2 is 1.94 bits per heavy atom. The summed E-state index contributed by atoms with van der Waals surface area (Å²) in [5.41, 5.74) is 1.48. The van der Waals surface area contributed by atoms with Crippen molar-refractivity contribution < 1.29 is 22.3 Å². The number of anilines is 4. The number of rotatable bonds is 10. The number of hydrogen-bond acceptors (Lipinski definition) is 8. The minimum absolute atomic E-state index is 0.00749.